The van der Waals surface area contributed by atoms with E-state index in [4.69, 9.17) is 0 Å². The lowest BCUT2D eigenvalue weighted by Gasteiger charge is -2.13. The summed E-state index contributed by atoms with van der Waals surface area (Å²) in [5.74, 6) is -0.0591. The summed E-state index contributed by atoms with van der Waals surface area (Å²) in [5, 5.41) is 1.64. The van der Waals surface area contributed by atoms with Crippen LogP contribution in [0.1, 0.15) is 21.5 Å². The molecule has 0 fully saturated rings. The van der Waals surface area contributed by atoms with Crippen molar-refractivity contribution in [1.82, 2.24) is 10.4 Å². The first kappa shape index (κ1) is 10.7. The first-order valence-electron chi connectivity index (χ1n) is 4.56. The highest BCUT2D eigenvalue weighted by atomic mass is 16.2. The van der Waals surface area contributed by atoms with Crippen LogP contribution >= 0.6 is 0 Å². The topological polar surface area (TPSA) is 32.3 Å². The van der Waals surface area contributed by atoms with Crippen molar-refractivity contribution in [3.8, 4) is 0 Å². The number of rotatable bonds is 2. The predicted molar refractivity (Wildman–Crippen MR) is 57.1 cm³/mol. The van der Waals surface area contributed by atoms with Crippen molar-refractivity contribution in [3.63, 3.8) is 0 Å². The van der Waals surface area contributed by atoms with Gasteiger partial charge in [-0.2, -0.15) is 0 Å². The Labute approximate surface area is 84.7 Å². The summed E-state index contributed by atoms with van der Waals surface area (Å²) in [7, 11) is 3.59. The van der Waals surface area contributed by atoms with E-state index < -0.39 is 0 Å². The molecular weight excluding hydrogens is 176 g/mol. The van der Waals surface area contributed by atoms with E-state index in [0.29, 0.717) is 0 Å². The summed E-state index contributed by atoms with van der Waals surface area (Å²) in [6.07, 6.45) is 0. The van der Waals surface area contributed by atoms with Crippen LogP contribution in [0.3, 0.4) is 0 Å². The number of amides is 1. The predicted octanol–water partition coefficient (Wildman–Crippen LogP) is 1.51. The number of carbonyl (C=O) groups excluding carboxylic acids is 1. The Morgan fingerprint density at radius 1 is 1.29 bits per heavy atom. The van der Waals surface area contributed by atoms with E-state index in [9.17, 15) is 4.79 Å². The number of hydrogen-bond acceptors (Lipinski definition) is 2. The molecule has 3 heteroatoms. The van der Waals surface area contributed by atoms with Crippen LogP contribution < -0.4 is 5.43 Å². The van der Waals surface area contributed by atoms with Crippen LogP contribution in [0.2, 0.25) is 0 Å². The molecule has 1 rings (SSSR count). The maximum Gasteiger partial charge on any atom is 0.265 e. The van der Waals surface area contributed by atoms with E-state index in [1.807, 2.05) is 32.0 Å². The van der Waals surface area contributed by atoms with E-state index >= 15 is 0 Å². The Kier molecular flexibility index (Phi) is 3.25. The molecule has 1 N–H and O–H groups in total. The van der Waals surface area contributed by atoms with E-state index in [-0.39, 0.29) is 5.91 Å². The Bertz CT molecular complexity index is 345. The number of hydrazine groups is 1. The van der Waals surface area contributed by atoms with Crippen molar-refractivity contribution in [2.45, 2.75) is 13.8 Å². The molecule has 0 saturated heterocycles. The Morgan fingerprint density at radius 2 is 1.93 bits per heavy atom. The molecule has 0 spiro atoms. The van der Waals surface area contributed by atoms with Crippen LogP contribution in [-0.2, 0) is 0 Å². The van der Waals surface area contributed by atoms with Crippen LogP contribution in [0.4, 0.5) is 0 Å². The molecule has 0 radical (unpaired) electrons. The maximum atomic E-state index is 11.7. The van der Waals surface area contributed by atoms with Crippen LogP contribution in [0.5, 0.6) is 0 Å². The summed E-state index contributed by atoms with van der Waals surface area (Å²) < 4.78 is 0. The van der Waals surface area contributed by atoms with Gasteiger partial charge in [-0.25, -0.2) is 5.01 Å². The van der Waals surface area contributed by atoms with Crippen molar-refractivity contribution in [3.05, 3.63) is 34.9 Å². The van der Waals surface area contributed by atoms with Crippen molar-refractivity contribution in [2.75, 3.05) is 14.1 Å². The summed E-state index contributed by atoms with van der Waals surface area (Å²) >= 11 is 0. The third-order valence-electron chi connectivity index (χ3n) is 1.96. The van der Waals surface area contributed by atoms with E-state index in [1.165, 1.54) is 0 Å². The molecular formula is C11H16N2O. The van der Waals surface area contributed by atoms with E-state index in [2.05, 4.69) is 5.43 Å². The highest BCUT2D eigenvalue weighted by Gasteiger charge is 2.08. The SMILES string of the molecule is Cc1ccc(C)c(C(=O)NN(C)C)c1. The molecule has 3 nitrogen and oxygen atoms in total. The molecule has 0 heterocycles. The van der Waals surface area contributed by atoms with Gasteiger partial charge in [-0.05, 0) is 25.5 Å². The van der Waals surface area contributed by atoms with E-state index in [1.54, 1.807) is 19.1 Å². The van der Waals surface area contributed by atoms with Gasteiger partial charge in [0, 0.05) is 19.7 Å². The number of hydrogen-bond donors (Lipinski definition) is 1. The van der Waals surface area contributed by atoms with Gasteiger partial charge in [0.25, 0.3) is 5.91 Å². The molecule has 1 aromatic carbocycles. The molecule has 0 aromatic heterocycles. The molecule has 1 aromatic rings. The third kappa shape index (κ3) is 2.57. The lowest BCUT2D eigenvalue weighted by atomic mass is 10.1. The monoisotopic (exact) mass is 192 g/mol. The van der Waals surface area contributed by atoms with Crippen LogP contribution in [0.15, 0.2) is 18.2 Å². The summed E-state index contributed by atoms with van der Waals surface area (Å²) in [6, 6.07) is 5.86. The molecule has 0 aliphatic heterocycles. The Hall–Kier alpha value is -1.35. The molecule has 0 bridgehead atoms. The molecule has 0 aliphatic carbocycles. The molecule has 0 atom stereocenters. The standard InChI is InChI=1S/C11H16N2O/c1-8-5-6-9(2)10(7-8)11(14)12-13(3)4/h5-7H,1-4H3,(H,12,14). The van der Waals surface area contributed by atoms with Gasteiger partial charge in [-0.15, -0.1) is 0 Å². The van der Waals surface area contributed by atoms with Gasteiger partial charge < -0.3 is 0 Å². The van der Waals surface area contributed by atoms with Crippen molar-refractivity contribution in [1.29, 1.82) is 0 Å². The zero-order valence-electron chi connectivity index (χ0n) is 9.09. The second-order valence-electron chi connectivity index (χ2n) is 3.65. The smallest absolute Gasteiger partial charge is 0.265 e. The lowest BCUT2D eigenvalue weighted by molar-refractivity contribution is 0.0856. The first-order chi connectivity index (χ1) is 6.50. The molecule has 76 valence electrons. The fraction of sp³-hybridized carbons (Fsp3) is 0.364. The Balaban J connectivity index is 2.94. The number of aryl methyl sites for hydroxylation is 2. The van der Waals surface area contributed by atoms with Gasteiger partial charge in [0.15, 0.2) is 0 Å². The third-order valence-corrected chi connectivity index (χ3v) is 1.96. The van der Waals surface area contributed by atoms with Gasteiger partial charge in [-0.3, -0.25) is 10.2 Å². The number of benzene rings is 1. The number of carbonyl (C=O) groups is 1. The zero-order valence-corrected chi connectivity index (χ0v) is 9.09. The molecule has 1 amide bonds. The van der Waals surface area contributed by atoms with Crippen LogP contribution in [0, 0.1) is 13.8 Å². The quantitative estimate of drug-likeness (QED) is 0.720. The average molecular weight is 192 g/mol. The van der Waals surface area contributed by atoms with Crippen molar-refractivity contribution < 1.29 is 4.79 Å². The summed E-state index contributed by atoms with van der Waals surface area (Å²) in [6.45, 7) is 3.91. The second kappa shape index (κ2) is 4.24. The van der Waals surface area contributed by atoms with E-state index in [0.717, 1.165) is 16.7 Å². The van der Waals surface area contributed by atoms with Gasteiger partial charge in [0.2, 0.25) is 0 Å². The van der Waals surface area contributed by atoms with Gasteiger partial charge in [-0.1, -0.05) is 17.7 Å². The molecule has 0 unspecified atom stereocenters. The number of nitrogens with zero attached hydrogens (tertiary/aromatic N) is 1. The second-order valence-corrected chi connectivity index (χ2v) is 3.65. The first-order valence-corrected chi connectivity index (χ1v) is 4.56. The van der Waals surface area contributed by atoms with Crippen LogP contribution in [-0.4, -0.2) is 25.0 Å². The Morgan fingerprint density at radius 3 is 2.50 bits per heavy atom. The van der Waals surface area contributed by atoms with Crippen LogP contribution in [0.25, 0.3) is 0 Å². The minimum atomic E-state index is -0.0591. The lowest BCUT2D eigenvalue weighted by Crippen LogP contribution is -2.36. The summed E-state index contributed by atoms with van der Waals surface area (Å²) in [4.78, 5) is 11.7. The summed E-state index contributed by atoms with van der Waals surface area (Å²) in [5.41, 5.74) is 5.55. The normalized spacial score (nSPS) is 10.4. The fourth-order valence-corrected chi connectivity index (χ4v) is 1.24. The van der Waals surface area contributed by atoms with Crippen molar-refractivity contribution in [2.24, 2.45) is 0 Å². The molecule has 14 heavy (non-hydrogen) atoms. The van der Waals surface area contributed by atoms with Gasteiger partial charge >= 0.3 is 0 Å². The molecule has 0 aliphatic rings. The highest BCUT2D eigenvalue weighted by molar-refractivity contribution is 5.95. The van der Waals surface area contributed by atoms with Crippen molar-refractivity contribution >= 4 is 5.91 Å². The van der Waals surface area contributed by atoms with Gasteiger partial charge in [0.05, 0.1) is 0 Å². The number of nitrogens with one attached hydrogen (secondary N) is 1. The largest absolute Gasteiger partial charge is 0.285 e. The molecule has 0 saturated carbocycles. The fourth-order valence-electron chi connectivity index (χ4n) is 1.24. The zero-order chi connectivity index (χ0) is 10.7. The van der Waals surface area contributed by atoms with Gasteiger partial charge in [0.1, 0.15) is 0 Å². The average Bonchev–Trinajstić information content (AvgIpc) is 2.08. The minimum absolute atomic E-state index is 0.0591. The minimum Gasteiger partial charge on any atom is -0.285 e. The highest BCUT2D eigenvalue weighted by Crippen LogP contribution is 2.10. The maximum absolute atomic E-state index is 11.7.